The van der Waals surface area contributed by atoms with Gasteiger partial charge in [-0.25, -0.2) is 4.79 Å². The summed E-state index contributed by atoms with van der Waals surface area (Å²) < 4.78 is 0. The van der Waals surface area contributed by atoms with Crippen molar-refractivity contribution in [2.75, 3.05) is 5.32 Å². The fourth-order valence-corrected chi connectivity index (χ4v) is 2.38. The van der Waals surface area contributed by atoms with Crippen LogP contribution in [0, 0.1) is 5.92 Å². The molecule has 0 saturated heterocycles. The minimum absolute atomic E-state index is 0.0852. The number of anilines is 1. The Morgan fingerprint density at radius 2 is 1.95 bits per heavy atom. The molecule has 4 N–H and O–H groups in total. The number of hydrogen-bond donors (Lipinski definition) is 3. The third kappa shape index (κ3) is 3.51. The lowest BCUT2D eigenvalue weighted by atomic mass is 9.99. The lowest BCUT2D eigenvalue weighted by Crippen LogP contribution is -2.49. The van der Waals surface area contributed by atoms with E-state index < -0.39 is 11.7 Å². The zero-order valence-electron chi connectivity index (χ0n) is 12.2. The quantitative estimate of drug-likeness (QED) is 0.581. The van der Waals surface area contributed by atoms with Gasteiger partial charge in [0.1, 0.15) is 0 Å². The van der Waals surface area contributed by atoms with E-state index in [0.29, 0.717) is 5.69 Å². The Morgan fingerprint density at radius 3 is 2.57 bits per heavy atom. The molecule has 5 nitrogen and oxygen atoms in total. The first-order chi connectivity index (χ1) is 9.94. The molecule has 0 aliphatic carbocycles. The fraction of sp³-hybridized carbons (Fsp3) is 0.312. The third-order valence-electron chi connectivity index (χ3n) is 3.25. The van der Waals surface area contributed by atoms with E-state index in [2.05, 4.69) is 10.2 Å². The monoisotopic (exact) mass is 288 g/mol. The SMILES string of the molecule is CC(C)CC(O)(Nc1ccc2ccccc2c1)C(=O)ON. The van der Waals surface area contributed by atoms with Crippen LogP contribution < -0.4 is 11.2 Å². The minimum Gasteiger partial charge on any atom is -0.370 e. The molecule has 112 valence electrons. The average Bonchev–Trinajstić information content (AvgIpc) is 2.45. The first-order valence-electron chi connectivity index (χ1n) is 6.85. The molecule has 2 rings (SSSR count). The van der Waals surface area contributed by atoms with Gasteiger partial charge in [-0.15, -0.1) is 0 Å². The van der Waals surface area contributed by atoms with Crippen molar-refractivity contribution in [1.29, 1.82) is 0 Å². The highest BCUT2D eigenvalue weighted by Gasteiger charge is 2.38. The molecule has 2 aromatic carbocycles. The maximum atomic E-state index is 11.8. The van der Waals surface area contributed by atoms with Crippen LogP contribution in [0.3, 0.4) is 0 Å². The van der Waals surface area contributed by atoms with Crippen molar-refractivity contribution in [2.24, 2.45) is 11.8 Å². The van der Waals surface area contributed by atoms with E-state index in [1.54, 1.807) is 6.07 Å². The minimum atomic E-state index is -1.84. The summed E-state index contributed by atoms with van der Waals surface area (Å²) in [6.45, 7) is 3.80. The highest BCUT2D eigenvalue weighted by Crippen LogP contribution is 2.25. The van der Waals surface area contributed by atoms with Gasteiger partial charge in [0.05, 0.1) is 0 Å². The second-order valence-electron chi connectivity index (χ2n) is 5.55. The van der Waals surface area contributed by atoms with Gasteiger partial charge in [-0.05, 0) is 28.8 Å². The first kappa shape index (κ1) is 15.3. The molecule has 21 heavy (non-hydrogen) atoms. The summed E-state index contributed by atoms with van der Waals surface area (Å²) in [4.78, 5) is 16.0. The smallest absolute Gasteiger partial charge is 0.370 e. The van der Waals surface area contributed by atoms with E-state index in [1.807, 2.05) is 50.2 Å². The van der Waals surface area contributed by atoms with Crippen LogP contribution in [0.15, 0.2) is 42.5 Å². The van der Waals surface area contributed by atoms with Crippen LogP contribution in [0.5, 0.6) is 0 Å². The van der Waals surface area contributed by atoms with Gasteiger partial charge in [-0.2, -0.15) is 5.90 Å². The van der Waals surface area contributed by atoms with Crippen molar-refractivity contribution in [3.63, 3.8) is 0 Å². The number of nitrogens with one attached hydrogen (secondary N) is 1. The maximum Gasteiger partial charge on any atom is 0.377 e. The number of carbonyl (C=O) groups excluding carboxylic acids is 1. The maximum absolute atomic E-state index is 11.8. The average molecular weight is 288 g/mol. The number of rotatable bonds is 5. The van der Waals surface area contributed by atoms with E-state index in [4.69, 9.17) is 5.90 Å². The van der Waals surface area contributed by atoms with Crippen LogP contribution in [0.1, 0.15) is 20.3 Å². The Labute approximate surface area is 123 Å². The van der Waals surface area contributed by atoms with Crippen molar-refractivity contribution in [3.05, 3.63) is 42.5 Å². The molecule has 0 amide bonds. The van der Waals surface area contributed by atoms with Crippen molar-refractivity contribution in [2.45, 2.75) is 26.0 Å². The van der Waals surface area contributed by atoms with E-state index in [1.165, 1.54) is 0 Å². The van der Waals surface area contributed by atoms with Gasteiger partial charge in [0, 0.05) is 12.1 Å². The molecule has 0 aromatic heterocycles. The Hall–Kier alpha value is -2.11. The van der Waals surface area contributed by atoms with Gasteiger partial charge < -0.3 is 15.3 Å². The number of carbonyl (C=O) groups is 1. The standard InChI is InChI=1S/C16H20N2O3/c1-11(2)10-16(20,15(19)21-17)18-14-8-7-12-5-3-4-6-13(12)9-14/h3-9,11,18,20H,10,17H2,1-2H3. The van der Waals surface area contributed by atoms with Gasteiger partial charge in [0.25, 0.3) is 0 Å². The predicted octanol–water partition coefficient (Wildman–Crippen LogP) is 2.40. The van der Waals surface area contributed by atoms with Crippen LogP contribution in [0.25, 0.3) is 10.8 Å². The lowest BCUT2D eigenvalue weighted by molar-refractivity contribution is -0.164. The van der Waals surface area contributed by atoms with E-state index in [9.17, 15) is 9.90 Å². The molecule has 0 aliphatic heterocycles. The zero-order chi connectivity index (χ0) is 15.5. The summed E-state index contributed by atoms with van der Waals surface area (Å²) in [5.74, 6) is 4.12. The van der Waals surface area contributed by atoms with Crippen LogP contribution >= 0.6 is 0 Å². The van der Waals surface area contributed by atoms with Crippen LogP contribution in [0.4, 0.5) is 5.69 Å². The van der Waals surface area contributed by atoms with Crippen LogP contribution in [-0.4, -0.2) is 16.8 Å². The van der Waals surface area contributed by atoms with E-state index >= 15 is 0 Å². The number of nitrogens with two attached hydrogens (primary N) is 1. The topological polar surface area (TPSA) is 84.6 Å². The number of fused-ring (bicyclic) bond motifs is 1. The molecule has 0 bridgehead atoms. The molecule has 0 aliphatic rings. The Morgan fingerprint density at radius 1 is 1.29 bits per heavy atom. The molecular weight excluding hydrogens is 268 g/mol. The summed E-state index contributed by atoms with van der Waals surface area (Å²) in [6, 6.07) is 13.4. The molecule has 0 fully saturated rings. The van der Waals surface area contributed by atoms with E-state index in [-0.39, 0.29) is 12.3 Å². The molecule has 2 aromatic rings. The summed E-state index contributed by atoms with van der Waals surface area (Å²) in [5.41, 5.74) is -1.21. The highest BCUT2D eigenvalue weighted by molar-refractivity contribution is 5.87. The van der Waals surface area contributed by atoms with Gasteiger partial charge in [-0.3, -0.25) is 0 Å². The van der Waals surface area contributed by atoms with Crippen LogP contribution in [0.2, 0.25) is 0 Å². The molecule has 0 saturated carbocycles. The third-order valence-corrected chi connectivity index (χ3v) is 3.25. The van der Waals surface area contributed by atoms with Crippen molar-refractivity contribution >= 4 is 22.4 Å². The summed E-state index contributed by atoms with van der Waals surface area (Å²) in [5, 5.41) is 15.4. The van der Waals surface area contributed by atoms with Gasteiger partial charge in [0.2, 0.25) is 5.72 Å². The predicted molar refractivity (Wildman–Crippen MR) is 82.3 cm³/mol. The Balaban J connectivity index is 2.31. The Bertz CT molecular complexity index is 642. The van der Waals surface area contributed by atoms with Gasteiger partial charge in [0.15, 0.2) is 0 Å². The zero-order valence-corrected chi connectivity index (χ0v) is 12.2. The highest BCUT2D eigenvalue weighted by atomic mass is 16.7. The molecular formula is C16H20N2O3. The van der Waals surface area contributed by atoms with Crippen LogP contribution in [-0.2, 0) is 9.63 Å². The second-order valence-corrected chi connectivity index (χ2v) is 5.55. The Kier molecular flexibility index (Phi) is 4.45. The summed E-state index contributed by atoms with van der Waals surface area (Å²) in [7, 11) is 0. The largest absolute Gasteiger partial charge is 0.377 e. The molecule has 1 unspecified atom stereocenters. The molecule has 0 heterocycles. The van der Waals surface area contributed by atoms with E-state index in [0.717, 1.165) is 10.8 Å². The van der Waals surface area contributed by atoms with Gasteiger partial charge in [-0.1, -0.05) is 44.2 Å². The second kappa shape index (κ2) is 6.11. The number of aliphatic hydroxyl groups is 1. The molecule has 0 spiro atoms. The molecule has 0 radical (unpaired) electrons. The van der Waals surface area contributed by atoms with Gasteiger partial charge >= 0.3 is 5.97 Å². The fourth-order valence-electron chi connectivity index (χ4n) is 2.38. The lowest BCUT2D eigenvalue weighted by Gasteiger charge is -2.28. The molecule has 1 atom stereocenters. The normalized spacial score (nSPS) is 14.0. The van der Waals surface area contributed by atoms with Crippen molar-refractivity contribution in [3.8, 4) is 0 Å². The van der Waals surface area contributed by atoms with Crippen molar-refractivity contribution < 1.29 is 14.7 Å². The summed E-state index contributed by atoms with van der Waals surface area (Å²) >= 11 is 0. The molecule has 5 heteroatoms. The number of benzene rings is 2. The number of hydrogen-bond acceptors (Lipinski definition) is 5. The first-order valence-corrected chi connectivity index (χ1v) is 6.85. The van der Waals surface area contributed by atoms with Crippen molar-refractivity contribution in [1.82, 2.24) is 0 Å². The summed E-state index contributed by atoms with van der Waals surface area (Å²) in [6.07, 6.45) is 0.190.